The summed E-state index contributed by atoms with van der Waals surface area (Å²) in [7, 11) is 0. The Kier molecular flexibility index (Phi) is 5.44. The average molecular weight is 374 g/mol. The van der Waals surface area contributed by atoms with Gasteiger partial charge in [-0.2, -0.15) is 0 Å². The molecule has 0 saturated carbocycles. The van der Waals surface area contributed by atoms with E-state index in [4.69, 9.17) is 14.2 Å². The van der Waals surface area contributed by atoms with Crippen molar-refractivity contribution in [1.82, 2.24) is 0 Å². The van der Waals surface area contributed by atoms with Gasteiger partial charge in [0.25, 0.3) is 0 Å². The van der Waals surface area contributed by atoms with Crippen LogP contribution in [0.2, 0.25) is 0 Å². The molecule has 1 heterocycles. The van der Waals surface area contributed by atoms with Gasteiger partial charge in [-0.3, -0.25) is 4.79 Å². The Morgan fingerprint density at radius 2 is 1.92 bits per heavy atom. The highest BCUT2D eigenvalue weighted by Gasteiger charge is 2.49. The van der Waals surface area contributed by atoms with Crippen LogP contribution in [0.5, 0.6) is 0 Å². The zero-order chi connectivity index (χ0) is 18.7. The molecule has 0 spiro atoms. The fourth-order valence-electron chi connectivity index (χ4n) is 3.30. The molecule has 3 rings (SSSR count). The molecule has 0 saturated heterocycles. The summed E-state index contributed by atoms with van der Waals surface area (Å²) in [6.45, 7) is 6.37. The molecule has 0 fully saturated rings. The number of carbonyl (C=O) groups excluding carboxylic acids is 1. The zero-order valence-corrected chi connectivity index (χ0v) is 16.0. The Morgan fingerprint density at radius 1 is 1.15 bits per heavy atom. The summed E-state index contributed by atoms with van der Waals surface area (Å²) < 4.78 is 17.8. The minimum Gasteiger partial charge on any atom is -0.498 e. The number of rotatable bonds is 6. The van der Waals surface area contributed by atoms with Gasteiger partial charge in [0.05, 0.1) is 18.8 Å². The molecular weight excluding hydrogens is 352 g/mol. The van der Waals surface area contributed by atoms with Crippen molar-refractivity contribution in [3.05, 3.63) is 50.7 Å². The molecule has 138 valence electrons. The summed E-state index contributed by atoms with van der Waals surface area (Å²) in [5.74, 6) is 0.0698. The van der Waals surface area contributed by atoms with E-state index in [-0.39, 0.29) is 25.1 Å². The van der Waals surface area contributed by atoms with Gasteiger partial charge in [0, 0.05) is 28.0 Å². The van der Waals surface area contributed by atoms with Gasteiger partial charge in [0.2, 0.25) is 5.60 Å². The molecule has 26 heavy (non-hydrogen) atoms. The summed E-state index contributed by atoms with van der Waals surface area (Å²) in [5.41, 5.74) is -1.32. The van der Waals surface area contributed by atoms with Crippen LogP contribution in [-0.2, 0) is 24.6 Å². The molecule has 1 aromatic carbocycles. The number of hydrogen-bond donors (Lipinski definition) is 0. The minimum atomic E-state index is -1.48. The molecule has 1 atom stereocenters. The molecule has 0 aliphatic heterocycles. The van der Waals surface area contributed by atoms with Crippen molar-refractivity contribution < 1.29 is 19.0 Å². The third-order valence-electron chi connectivity index (χ3n) is 4.27. The van der Waals surface area contributed by atoms with Crippen molar-refractivity contribution in [1.29, 1.82) is 0 Å². The van der Waals surface area contributed by atoms with Gasteiger partial charge >= 0.3 is 5.97 Å². The first-order valence-corrected chi connectivity index (χ1v) is 9.59. The van der Waals surface area contributed by atoms with Crippen LogP contribution in [0.25, 0.3) is 16.2 Å². The lowest BCUT2D eigenvalue weighted by Crippen LogP contribution is -2.46. The molecule has 2 aromatic rings. The molecule has 6 heteroatoms. The highest BCUT2D eigenvalue weighted by Crippen LogP contribution is 2.42. The third kappa shape index (κ3) is 3.04. The summed E-state index contributed by atoms with van der Waals surface area (Å²) in [4.78, 5) is 26.9. The molecule has 0 amide bonds. The van der Waals surface area contributed by atoms with Gasteiger partial charge in [-0.15, -0.1) is 11.3 Å². The normalized spacial score (nSPS) is 19.0. The number of esters is 1. The summed E-state index contributed by atoms with van der Waals surface area (Å²) in [6, 6.07) is 7.39. The van der Waals surface area contributed by atoms with E-state index in [1.807, 2.05) is 31.2 Å². The number of fused-ring (bicyclic) bond motifs is 2. The standard InChI is InChI=1S/C20H22O5S/c1-4-23-13-11-16-17(18(21)14-9-7-8-10-15(14)26-16)20(12-13,25-6-3)19(22)24-5-2/h7-11H,4-6,12H2,1-3H3. The predicted molar refractivity (Wildman–Crippen MR) is 102 cm³/mol. The van der Waals surface area contributed by atoms with Gasteiger partial charge in [0.15, 0.2) is 5.43 Å². The topological polar surface area (TPSA) is 61.8 Å². The lowest BCUT2D eigenvalue weighted by atomic mass is 9.84. The lowest BCUT2D eigenvalue weighted by molar-refractivity contribution is -0.175. The van der Waals surface area contributed by atoms with Gasteiger partial charge in [-0.1, -0.05) is 12.1 Å². The fourth-order valence-corrected chi connectivity index (χ4v) is 4.51. The number of carbonyl (C=O) groups is 1. The van der Waals surface area contributed by atoms with Gasteiger partial charge < -0.3 is 14.2 Å². The van der Waals surface area contributed by atoms with Gasteiger partial charge in [-0.25, -0.2) is 4.79 Å². The van der Waals surface area contributed by atoms with Gasteiger partial charge in [-0.05, 0) is 39.0 Å². The molecule has 1 unspecified atom stereocenters. The van der Waals surface area contributed by atoms with Crippen LogP contribution in [0.15, 0.2) is 34.8 Å². The largest absolute Gasteiger partial charge is 0.498 e. The van der Waals surface area contributed by atoms with E-state index in [2.05, 4.69) is 0 Å². The predicted octanol–water partition coefficient (Wildman–Crippen LogP) is 3.84. The minimum absolute atomic E-state index is 0.154. The highest BCUT2D eigenvalue weighted by molar-refractivity contribution is 7.19. The molecule has 0 N–H and O–H groups in total. The van der Waals surface area contributed by atoms with Crippen LogP contribution < -0.4 is 5.43 Å². The van der Waals surface area contributed by atoms with E-state index < -0.39 is 11.6 Å². The van der Waals surface area contributed by atoms with Crippen molar-refractivity contribution in [2.75, 3.05) is 19.8 Å². The van der Waals surface area contributed by atoms with Crippen molar-refractivity contribution in [2.24, 2.45) is 0 Å². The van der Waals surface area contributed by atoms with Crippen LogP contribution in [0.1, 0.15) is 37.6 Å². The highest BCUT2D eigenvalue weighted by atomic mass is 32.1. The van der Waals surface area contributed by atoms with Crippen LogP contribution in [0, 0.1) is 0 Å². The second-order valence-corrected chi connectivity index (χ2v) is 6.95. The van der Waals surface area contributed by atoms with Gasteiger partial charge in [0.1, 0.15) is 5.76 Å². The van der Waals surface area contributed by atoms with Crippen molar-refractivity contribution in [3.8, 4) is 0 Å². The number of ether oxygens (including phenoxy) is 3. The first kappa shape index (κ1) is 18.6. The SMILES string of the molecule is CCOC(=O)C1(OCC)CC(OCC)=Cc2sc3ccccc3c(=O)c21. The first-order chi connectivity index (χ1) is 12.6. The summed E-state index contributed by atoms with van der Waals surface area (Å²) in [5, 5.41) is 0.581. The number of hydrogen-bond acceptors (Lipinski definition) is 6. The van der Waals surface area contributed by atoms with Crippen LogP contribution in [0.3, 0.4) is 0 Å². The van der Waals surface area contributed by atoms with Crippen LogP contribution in [0.4, 0.5) is 0 Å². The Morgan fingerprint density at radius 3 is 2.62 bits per heavy atom. The smallest absolute Gasteiger partial charge is 0.343 e. The molecule has 0 bridgehead atoms. The Balaban J connectivity index is 2.34. The lowest BCUT2D eigenvalue weighted by Gasteiger charge is -2.35. The third-order valence-corrected chi connectivity index (χ3v) is 5.39. The Bertz CT molecular complexity index is 914. The molecule has 0 radical (unpaired) electrons. The maximum absolute atomic E-state index is 13.3. The summed E-state index contributed by atoms with van der Waals surface area (Å²) in [6.07, 6.45) is 1.99. The zero-order valence-electron chi connectivity index (χ0n) is 15.2. The maximum atomic E-state index is 13.3. The Hall–Kier alpha value is -2.18. The van der Waals surface area contributed by atoms with Crippen LogP contribution >= 0.6 is 11.3 Å². The molecule has 5 nitrogen and oxygen atoms in total. The van der Waals surface area contributed by atoms with E-state index in [1.54, 1.807) is 19.9 Å². The second-order valence-electron chi connectivity index (χ2n) is 5.87. The quantitative estimate of drug-likeness (QED) is 0.719. The van der Waals surface area contributed by atoms with Crippen molar-refractivity contribution >= 4 is 33.5 Å². The molecular formula is C20H22O5S. The van der Waals surface area contributed by atoms with E-state index in [0.717, 1.165) is 4.70 Å². The van der Waals surface area contributed by atoms with E-state index >= 15 is 0 Å². The monoisotopic (exact) mass is 374 g/mol. The number of benzene rings is 1. The molecule has 1 aromatic heterocycles. The summed E-state index contributed by atoms with van der Waals surface area (Å²) >= 11 is 1.45. The fraction of sp³-hybridized carbons (Fsp3) is 0.400. The van der Waals surface area contributed by atoms with E-state index in [9.17, 15) is 9.59 Å². The van der Waals surface area contributed by atoms with Crippen LogP contribution in [-0.4, -0.2) is 25.8 Å². The Labute approximate surface area is 156 Å². The van der Waals surface area contributed by atoms with Crippen molar-refractivity contribution in [2.45, 2.75) is 32.8 Å². The average Bonchev–Trinajstić information content (AvgIpc) is 2.62. The molecule has 1 aliphatic rings. The van der Waals surface area contributed by atoms with Crippen molar-refractivity contribution in [3.63, 3.8) is 0 Å². The molecule has 1 aliphatic carbocycles. The second kappa shape index (κ2) is 7.60. The first-order valence-electron chi connectivity index (χ1n) is 8.78. The van der Waals surface area contributed by atoms with E-state index in [1.165, 1.54) is 11.3 Å². The van der Waals surface area contributed by atoms with E-state index in [0.29, 0.717) is 28.2 Å². The maximum Gasteiger partial charge on any atom is 0.343 e.